The van der Waals surface area contributed by atoms with E-state index in [1.165, 1.54) is 20.5 Å². The van der Waals surface area contributed by atoms with Crippen molar-refractivity contribution < 1.29 is 0 Å². The van der Waals surface area contributed by atoms with Gasteiger partial charge in [0, 0.05) is 34.1 Å². The van der Waals surface area contributed by atoms with E-state index >= 15 is 0 Å². The largest absolute Gasteiger partial charge is 0.326 e. The number of hydrogen-bond acceptors (Lipinski definition) is 3. The van der Waals surface area contributed by atoms with Crippen LogP contribution in [0, 0.1) is 0 Å². The Hall–Kier alpha value is -1.71. The first-order valence-electron chi connectivity index (χ1n) is 5.50. The lowest BCUT2D eigenvalue weighted by atomic mass is 10.1. The smallest absolute Gasteiger partial charge is 0.0352 e. The van der Waals surface area contributed by atoms with Crippen molar-refractivity contribution >= 4 is 21.4 Å². The maximum Gasteiger partial charge on any atom is 0.0352 e. The number of hydrogen-bond donors (Lipinski definition) is 1. The minimum absolute atomic E-state index is 0.613. The summed E-state index contributed by atoms with van der Waals surface area (Å²) in [5, 5.41) is 1.27. The molecule has 2 aromatic heterocycles. The molecule has 17 heavy (non-hydrogen) atoms. The van der Waals surface area contributed by atoms with Crippen molar-refractivity contribution in [2.75, 3.05) is 0 Å². The predicted octanol–water partition coefficient (Wildman–Crippen LogP) is 3.42. The molecule has 0 amide bonds. The van der Waals surface area contributed by atoms with Crippen LogP contribution in [-0.2, 0) is 6.54 Å². The molecule has 84 valence electrons. The Balaban J connectivity index is 2.13. The Morgan fingerprint density at radius 3 is 2.82 bits per heavy atom. The number of pyridine rings is 1. The third-order valence-corrected chi connectivity index (χ3v) is 3.89. The van der Waals surface area contributed by atoms with Crippen LogP contribution in [0.1, 0.15) is 4.88 Å². The third kappa shape index (κ3) is 1.95. The molecule has 2 nitrogen and oxygen atoms in total. The van der Waals surface area contributed by atoms with Crippen LogP contribution in [-0.4, -0.2) is 4.98 Å². The zero-order valence-corrected chi connectivity index (χ0v) is 10.1. The van der Waals surface area contributed by atoms with E-state index in [2.05, 4.69) is 35.3 Å². The van der Waals surface area contributed by atoms with Crippen molar-refractivity contribution in [3.05, 3.63) is 53.7 Å². The molecule has 0 bridgehead atoms. The van der Waals surface area contributed by atoms with Gasteiger partial charge in [-0.25, -0.2) is 0 Å². The summed E-state index contributed by atoms with van der Waals surface area (Å²) in [6.07, 6.45) is 3.68. The molecule has 0 atom stereocenters. The summed E-state index contributed by atoms with van der Waals surface area (Å²) in [7, 11) is 0. The second-order valence-electron chi connectivity index (χ2n) is 3.91. The van der Waals surface area contributed by atoms with Gasteiger partial charge in [-0.2, -0.15) is 0 Å². The maximum atomic E-state index is 5.66. The van der Waals surface area contributed by atoms with Gasteiger partial charge in [0.25, 0.3) is 0 Å². The molecule has 0 aliphatic heterocycles. The molecule has 3 rings (SSSR count). The molecule has 0 radical (unpaired) electrons. The third-order valence-electron chi connectivity index (χ3n) is 2.77. The molecule has 2 N–H and O–H groups in total. The van der Waals surface area contributed by atoms with Gasteiger partial charge in [0.2, 0.25) is 0 Å². The average molecular weight is 240 g/mol. The number of rotatable bonds is 2. The first kappa shape index (κ1) is 10.4. The van der Waals surface area contributed by atoms with E-state index in [0.29, 0.717) is 6.54 Å². The highest BCUT2D eigenvalue weighted by atomic mass is 32.1. The van der Waals surface area contributed by atoms with Gasteiger partial charge in [0.1, 0.15) is 0 Å². The number of aromatic nitrogens is 1. The van der Waals surface area contributed by atoms with E-state index in [1.54, 1.807) is 17.5 Å². The molecule has 0 fully saturated rings. The zero-order valence-electron chi connectivity index (χ0n) is 9.26. The second kappa shape index (κ2) is 4.28. The Bertz CT molecular complexity index is 644. The molecule has 0 aliphatic carbocycles. The van der Waals surface area contributed by atoms with Crippen LogP contribution < -0.4 is 5.73 Å². The minimum Gasteiger partial charge on any atom is -0.326 e. The molecule has 0 saturated carbocycles. The highest BCUT2D eigenvalue weighted by Gasteiger charge is 2.03. The first-order chi connectivity index (χ1) is 8.36. The molecule has 0 spiro atoms. The molecule has 1 aromatic carbocycles. The van der Waals surface area contributed by atoms with Crippen LogP contribution in [0.25, 0.3) is 21.2 Å². The van der Waals surface area contributed by atoms with E-state index < -0.39 is 0 Å². The molecule has 0 saturated heterocycles. The van der Waals surface area contributed by atoms with Crippen molar-refractivity contribution in [2.45, 2.75) is 6.54 Å². The molecule has 3 heteroatoms. The first-order valence-corrected chi connectivity index (χ1v) is 6.31. The number of nitrogens with zero attached hydrogens (tertiary/aromatic N) is 1. The van der Waals surface area contributed by atoms with E-state index in [0.717, 1.165) is 5.56 Å². The van der Waals surface area contributed by atoms with Gasteiger partial charge in [-0.1, -0.05) is 18.2 Å². The summed E-state index contributed by atoms with van der Waals surface area (Å²) >= 11 is 1.76. The van der Waals surface area contributed by atoms with E-state index in [4.69, 9.17) is 5.73 Å². The van der Waals surface area contributed by atoms with E-state index in [9.17, 15) is 0 Å². The van der Waals surface area contributed by atoms with Gasteiger partial charge < -0.3 is 5.73 Å². The van der Waals surface area contributed by atoms with Gasteiger partial charge in [-0.3, -0.25) is 4.98 Å². The average Bonchev–Trinajstić information content (AvgIpc) is 2.81. The van der Waals surface area contributed by atoms with Gasteiger partial charge in [0.05, 0.1) is 0 Å². The van der Waals surface area contributed by atoms with Gasteiger partial charge >= 0.3 is 0 Å². The molecule has 0 unspecified atom stereocenters. The Labute approximate surface area is 104 Å². The quantitative estimate of drug-likeness (QED) is 0.745. The summed E-state index contributed by atoms with van der Waals surface area (Å²) in [6.45, 7) is 0.613. The lowest BCUT2D eigenvalue weighted by Crippen LogP contribution is -1.90. The Morgan fingerprint density at radius 1 is 1.12 bits per heavy atom. The molecule has 2 heterocycles. The standard InChI is InChI=1S/C14H12N2S/c15-8-13-6-11-4-3-10(7-14(11)17-13)12-2-1-5-16-9-12/h1-7,9H,8,15H2. The van der Waals surface area contributed by atoms with Crippen molar-refractivity contribution in [3.63, 3.8) is 0 Å². The number of thiophene rings is 1. The fraction of sp³-hybridized carbons (Fsp3) is 0.0714. The minimum atomic E-state index is 0.613. The topological polar surface area (TPSA) is 38.9 Å². The number of nitrogens with two attached hydrogens (primary N) is 1. The van der Waals surface area contributed by atoms with Gasteiger partial charge in [0.15, 0.2) is 0 Å². The lowest BCUT2D eigenvalue weighted by molar-refractivity contribution is 1.11. The van der Waals surface area contributed by atoms with Crippen molar-refractivity contribution in [3.8, 4) is 11.1 Å². The summed E-state index contributed by atoms with van der Waals surface area (Å²) in [5.74, 6) is 0. The SMILES string of the molecule is NCc1cc2ccc(-c3cccnc3)cc2s1. The summed E-state index contributed by atoms with van der Waals surface area (Å²) < 4.78 is 1.28. The predicted molar refractivity (Wildman–Crippen MR) is 72.9 cm³/mol. The summed E-state index contributed by atoms with van der Waals surface area (Å²) in [6, 6.07) is 12.7. The summed E-state index contributed by atoms with van der Waals surface area (Å²) in [4.78, 5) is 5.37. The van der Waals surface area contributed by atoms with Gasteiger partial charge in [-0.05, 0) is 29.1 Å². The summed E-state index contributed by atoms with van der Waals surface area (Å²) in [5.41, 5.74) is 8.02. The number of fused-ring (bicyclic) bond motifs is 1. The van der Waals surface area contributed by atoms with Crippen LogP contribution >= 0.6 is 11.3 Å². The van der Waals surface area contributed by atoms with Gasteiger partial charge in [-0.15, -0.1) is 11.3 Å². The van der Waals surface area contributed by atoms with Crippen LogP contribution in [0.4, 0.5) is 0 Å². The van der Waals surface area contributed by atoms with Crippen LogP contribution in [0.5, 0.6) is 0 Å². The molecular formula is C14H12N2S. The lowest BCUT2D eigenvalue weighted by Gasteiger charge is -2.00. The maximum absolute atomic E-state index is 5.66. The van der Waals surface area contributed by atoms with Crippen LogP contribution in [0.2, 0.25) is 0 Å². The molecule has 3 aromatic rings. The highest BCUT2D eigenvalue weighted by molar-refractivity contribution is 7.19. The number of benzene rings is 1. The normalized spacial score (nSPS) is 10.9. The zero-order chi connectivity index (χ0) is 11.7. The molecular weight excluding hydrogens is 228 g/mol. The van der Waals surface area contributed by atoms with Crippen LogP contribution in [0.3, 0.4) is 0 Å². The Kier molecular flexibility index (Phi) is 2.63. The monoisotopic (exact) mass is 240 g/mol. The van der Waals surface area contributed by atoms with Crippen LogP contribution in [0.15, 0.2) is 48.8 Å². The van der Waals surface area contributed by atoms with Crippen molar-refractivity contribution in [2.24, 2.45) is 5.73 Å². The fourth-order valence-electron chi connectivity index (χ4n) is 1.90. The van der Waals surface area contributed by atoms with E-state index in [-0.39, 0.29) is 0 Å². The fourth-order valence-corrected chi connectivity index (χ4v) is 2.88. The van der Waals surface area contributed by atoms with Crippen molar-refractivity contribution in [1.29, 1.82) is 0 Å². The van der Waals surface area contributed by atoms with E-state index in [1.807, 2.05) is 12.3 Å². The van der Waals surface area contributed by atoms with Crippen molar-refractivity contribution in [1.82, 2.24) is 4.98 Å². The molecule has 0 aliphatic rings. The highest BCUT2D eigenvalue weighted by Crippen LogP contribution is 2.29. The Morgan fingerprint density at radius 2 is 2.06 bits per heavy atom. The second-order valence-corrected chi connectivity index (χ2v) is 5.08.